The molecule has 2 aromatic carbocycles. The van der Waals surface area contributed by atoms with Gasteiger partial charge in [0.2, 0.25) is 0 Å². The van der Waals surface area contributed by atoms with Crippen LogP contribution >= 0.6 is 0 Å². The zero-order valence-electron chi connectivity index (χ0n) is 15.8. The molecule has 1 aliphatic carbocycles. The van der Waals surface area contributed by atoms with Gasteiger partial charge < -0.3 is 10.0 Å². The summed E-state index contributed by atoms with van der Waals surface area (Å²) in [5.74, 6) is 0.0598. The number of fused-ring (bicyclic) bond motifs is 1. The molecule has 1 aliphatic heterocycles. The molecular weight excluding hydrogens is 337 g/mol. The lowest BCUT2D eigenvalue weighted by Gasteiger charge is -2.50. The lowest BCUT2D eigenvalue weighted by atomic mass is 9.66. The predicted molar refractivity (Wildman–Crippen MR) is 107 cm³/mol. The van der Waals surface area contributed by atoms with Crippen molar-refractivity contribution in [3.05, 3.63) is 77.6 Å². The summed E-state index contributed by atoms with van der Waals surface area (Å²) in [5.41, 5.74) is 1.81. The van der Waals surface area contributed by atoms with E-state index in [-0.39, 0.29) is 17.8 Å². The van der Waals surface area contributed by atoms with Gasteiger partial charge in [0.15, 0.2) is 0 Å². The third-order valence-corrected chi connectivity index (χ3v) is 6.51. The number of hydrogen-bond acceptors (Lipinski definition) is 1. The van der Waals surface area contributed by atoms with Gasteiger partial charge in [-0.25, -0.2) is 4.39 Å². The van der Waals surface area contributed by atoms with Gasteiger partial charge >= 0.3 is 0 Å². The molecule has 1 saturated carbocycles. The number of likely N-dealkylation sites (tertiary alicyclic amines) is 1. The average molecular weight is 367 g/mol. The highest BCUT2D eigenvalue weighted by Gasteiger charge is 2.51. The molecule has 3 heteroatoms. The fourth-order valence-corrected chi connectivity index (χ4v) is 5.13. The second-order valence-electron chi connectivity index (χ2n) is 8.16. The Morgan fingerprint density at radius 1 is 1.04 bits per heavy atom. The van der Waals surface area contributed by atoms with Gasteiger partial charge in [-0.2, -0.15) is 0 Å². The van der Waals surface area contributed by atoms with E-state index in [2.05, 4.69) is 36.4 Å². The van der Waals surface area contributed by atoms with E-state index in [1.165, 1.54) is 16.9 Å². The molecule has 0 bridgehead atoms. The molecule has 2 N–H and O–H groups in total. The zero-order valence-corrected chi connectivity index (χ0v) is 15.8. The van der Waals surface area contributed by atoms with Crippen molar-refractivity contribution in [1.29, 1.82) is 0 Å². The van der Waals surface area contributed by atoms with Gasteiger partial charge in [-0.3, -0.25) is 0 Å². The van der Waals surface area contributed by atoms with Crippen LogP contribution in [0, 0.1) is 11.7 Å². The van der Waals surface area contributed by atoms with E-state index in [0.717, 1.165) is 44.3 Å². The molecule has 0 radical (unpaired) electrons. The smallest absolute Gasteiger partial charge is 0.123 e. The van der Waals surface area contributed by atoms with Gasteiger partial charge in [0.1, 0.15) is 11.9 Å². The van der Waals surface area contributed by atoms with Crippen molar-refractivity contribution < 1.29 is 14.4 Å². The first-order chi connectivity index (χ1) is 13.2. The fourth-order valence-electron chi connectivity index (χ4n) is 5.13. The highest BCUT2D eigenvalue weighted by atomic mass is 19.1. The predicted octanol–water partition coefficient (Wildman–Crippen LogP) is 3.79. The molecule has 2 aliphatic rings. The molecule has 1 unspecified atom stereocenters. The molecule has 4 rings (SSSR count). The molecule has 4 atom stereocenters. The van der Waals surface area contributed by atoms with E-state index in [9.17, 15) is 9.50 Å². The number of nitrogens with one attached hydrogen (secondary N) is 1. The maximum Gasteiger partial charge on any atom is 0.123 e. The number of aliphatic hydroxyl groups is 1. The van der Waals surface area contributed by atoms with Crippen LogP contribution in [-0.2, 0) is 0 Å². The van der Waals surface area contributed by atoms with E-state index < -0.39 is 5.60 Å². The molecule has 142 valence electrons. The highest BCUT2D eigenvalue weighted by Crippen LogP contribution is 2.43. The Morgan fingerprint density at radius 3 is 2.59 bits per heavy atom. The van der Waals surface area contributed by atoms with Crippen molar-refractivity contribution in [2.75, 3.05) is 13.1 Å². The number of quaternary nitrogens is 1. The number of rotatable bonds is 4. The average Bonchev–Trinajstić information content (AvgIpc) is 2.69. The number of benzene rings is 2. The molecule has 0 aromatic heterocycles. The highest BCUT2D eigenvalue weighted by molar-refractivity contribution is 5.48. The summed E-state index contributed by atoms with van der Waals surface area (Å²) >= 11 is 0. The molecule has 0 spiro atoms. The van der Waals surface area contributed by atoms with Gasteiger partial charge in [-0.15, -0.1) is 0 Å². The fraction of sp³-hybridized carbons (Fsp3) is 0.417. The van der Waals surface area contributed by atoms with Crippen molar-refractivity contribution in [1.82, 2.24) is 0 Å². The Labute approximate surface area is 161 Å². The lowest BCUT2D eigenvalue weighted by molar-refractivity contribution is -0.939. The molecule has 1 heterocycles. The summed E-state index contributed by atoms with van der Waals surface area (Å²) in [6, 6.07) is 17.5. The largest absolute Gasteiger partial charge is 0.389 e. The van der Waals surface area contributed by atoms with Crippen LogP contribution in [0.2, 0.25) is 0 Å². The standard InChI is InChI=1S/C24H28FNO/c25-21-13-11-20(12-14-21)23-22-10-4-5-15-24(22,27)16-18-26(23)17-6-9-19-7-2-1-3-8-19/h1-3,6-9,11-14,22-23,27H,4-5,10,15-18H2/p+1/b9-6+/t22-,23+,24+/m1/s1. The number of halogens is 1. The van der Waals surface area contributed by atoms with Crippen molar-refractivity contribution in [3.8, 4) is 0 Å². The van der Waals surface area contributed by atoms with E-state index in [0.29, 0.717) is 0 Å². The van der Waals surface area contributed by atoms with Crippen LogP contribution < -0.4 is 4.90 Å². The van der Waals surface area contributed by atoms with Crippen molar-refractivity contribution in [2.24, 2.45) is 5.92 Å². The second kappa shape index (κ2) is 7.95. The molecular formula is C24H29FNO+. The van der Waals surface area contributed by atoms with Gasteiger partial charge in [0.25, 0.3) is 0 Å². The zero-order chi connectivity index (χ0) is 18.7. The minimum absolute atomic E-state index is 0.195. The minimum Gasteiger partial charge on any atom is -0.389 e. The first-order valence-corrected chi connectivity index (χ1v) is 10.2. The van der Waals surface area contributed by atoms with Gasteiger partial charge in [-0.1, -0.05) is 61.4 Å². The van der Waals surface area contributed by atoms with Crippen molar-refractivity contribution >= 4 is 6.08 Å². The summed E-state index contributed by atoms with van der Waals surface area (Å²) < 4.78 is 13.5. The van der Waals surface area contributed by atoms with Crippen LogP contribution in [0.15, 0.2) is 60.7 Å². The molecule has 27 heavy (non-hydrogen) atoms. The molecule has 0 amide bonds. The first kappa shape index (κ1) is 18.4. The lowest BCUT2D eigenvalue weighted by Crippen LogP contribution is -3.14. The van der Waals surface area contributed by atoms with Gasteiger partial charge in [0, 0.05) is 17.9 Å². The number of hydrogen-bond donors (Lipinski definition) is 2. The second-order valence-corrected chi connectivity index (χ2v) is 8.16. The van der Waals surface area contributed by atoms with Crippen LogP contribution in [0.4, 0.5) is 4.39 Å². The van der Waals surface area contributed by atoms with Crippen molar-refractivity contribution in [3.63, 3.8) is 0 Å². The van der Waals surface area contributed by atoms with E-state index in [1.807, 2.05) is 18.2 Å². The third-order valence-electron chi connectivity index (χ3n) is 6.51. The van der Waals surface area contributed by atoms with E-state index in [4.69, 9.17) is 0 Å². The number of piperidine rings is 1. The maximum atomic E-state index is 13.5. The Kier molecular flexibility index (Phi) is 5.42. The Morgan fingerprint density at radius 2 is 1.81 bits per heavy atom. The van der Waals surface area contributed by atoms with Crippen LogP contribution in [0.1, 0.15) is 49.3 Å². The molecule has 2 aromatic rings. The van der Waals surface area contributed by atoms with Gasteiger partial charge in [-0.05, 0) is 36.6 Å². The van der Waals surface area contributed by atoms with Crippen LogP contribution in [0.5, 0.6) is 0 Å². The van der Waals surface area contributed by atoms with E-state index >= 15 is 0 Å². The Balaban J connectivity index is 1.58. The minimum atomic E-state index is -0.552. The SMILES string of the molecule is O[C@]12CCCC[C@@H]1[C@H](c1ccc(F)cc1)[NH+](C/C=C/c1ccccc1)CC2. The normalized spacial score (nSPS) is 31.0. The summed E-state index contributed by atoms with van der Waals surface area (Å²) in [5, 5.41) is 11.3. The summed E-state index contributed by atoms with van der Waals surface area (Å²) in [4.78, 5) is 1.48. The Bertz CT molecular complexity index is 773. The summed E-state index contributed by atoms with van der Waals surface area (Å²) in [6.45, 7) is 1.87. The quantitative estimate of drug-likeness (QED) is 0.845. The van der Waals surface area contributed by atoms with Crippen LogP contribution in [0.25, 0.3) is 6.08 Å². The van der Waals surface area contributed by atoms with Crippen molar-refractivity contribution in [2.45, 2.75) is 43.7 Å². The summed E-state index contributed by atoms with van der Waals surface area (Å²) in [7, 11) is 0. The molecule has 1 saturated heterocycles. The monoisotopic (exact) mass is 366 g/mol. The third kappa shape index (κ3) is 3.99. The topological polar surface area (TPSA) is 24.7 Å². The molecule has 2 nitrogen and oxygen atoms in total. The Hall–Kier alpha value is -1.97. The summed E-state index contributed by atoms with van der Waals surface area (Å²) in [6.07, 6.45) is 9.55. The maximum absolute atomic E-state index is 13.5. The van der Waals surface area contributed by atoms with Crippen LogP contribution in [-0.4, -0.2) is 23.8 Å². The van der Waals surface area contributed by atoms with E-state index in [1.54, 1.807) is 12.1 Å². The van der Waals surface area contributed by atoms with Crippen LogP contribution in [0.3, 0.4) is 0 Å². The molecule has 2 fully saturated rings. The van der Waals surface area contributed by atoms with Gasteiger partial charge in [0.05, 0.1) is 18.7 Å². The first-order valence-electron chi connectivity index (χ1n) is 10.2.